The number of nitrogens with one attached hydrogen (secondary N) is 1. The summed E-state index contributed by atoms with van der Waals surface area (Å²) in [5.74, 6) is 0.962. The van der Waals surface area contributed by atoms with E-state index in [-0.39, 0.29) is 18.0 Å². The van der Waals surface area contributed by atoms with E-state index in [1.54, 1.807) is 13.3 Å². The molecule has 0 unspecified atom stereocenters. The molecule has 1 aliphatic rings. The van der Waals surface area contributed by atoms with Crippen LogP contribution in [0.15, 0.2) is 41.3 Å². The number of hydrogen-bond donors (Lipinski definition) is 1. The van der Waals surface area contributed by atoms with E-state index < -0.39 is 0 Å². The van der Waals surface area contributed by atoms with E-state index in [2.05, 4.69) is 14.9 Å². The maximum absolute atomic E-state index is 12.8. The van der Waals surface area contributed by atoms with Gasteiger partial charge in [0.1, 0.15) is 11.3 Å². The number of amides is 1. The first-order valence-electron chi connectivity index (χ1n) is 8.53. The van der Waals surface area contributed by atoms with Gasteiger partial charge in [-0.3, -0.25) is 4.79 Å². The summed E-state index contributed by atoms with van der Waals surface area (Å²) in [4.78, 5) is 16.9. The molecule has 0 spiro atoms. The van der Waals surface area contributed by atoms with Crippen LogP contribution in [-0.2, 0) is 0 Å². The molecule has 0 radical (unpaired) electrons. The molecular weight excluding hydrogens is 318 g/mol. The summed E-state index contributed by atoms with van der Waals surface area (Å²) in [5.41, 5.74) is 1.53. The van der Waals surface area contributed by atoms with Gasteiger partial charge in [0.25, 0.3) is 5.91 Å². The number of imidazole rings is 1. The highest BCUT2D eigenvalue weighted by atomic mass is 16.5. The van der Waals surface area contributed by atoms with Gasteiger partial charge in [-0.2, -0.15) is 0 Å². The van der Waals surface area contributed by atoms with Crippen LogP contribution in [-0.4, -0.2) is 28.6 Å². The third-order valence-electron chi connectivity index (χ3n) is 5.05. The van der Waals surface area contributed by atoms with Gasteiger partial charge in [0, 0.05) is 23.3 Å². The summed E-state index contributed by atoms with van der Waals surface area (Å²) in [6, 6.07) is 5.90. The Bertz CT molecular complexity index is 898. The van der Waals surface area contributed by atoms with Crippen molar-refractivity contribution in [3.05, 3.63) is 48.2 Å². The van der Waals surface area contributed by atoms with E-state index >= 15 is 0 Å². The second kappa shape index (κ2) is 6.27. The molecule has 1 amide bonds. The van der Waals surface area contributed by atoms with Crippen LogP contribution in [0, 0.1) is 6.92 Å². The number of ether oxygens (including phenoxy) is 1. The first-order valence-corrected chi connectivity index (χ1v) is 8.53. The number of aromatic nitrogens is 2. The molecule has 0 saturated heterocycles. The topological polar surface area (TPSA) is 69.3 Å². The van der Waals surface area contributed by atoms with Crippen LogP contribution >= 0.6 is 0 Å². The molecule has 1 aromatic carbocycles. The molecular formula is C19H21N3O3. The number of benzene rings is 1. The average molecular weight is 339 g/mol. The Morgan fingerprint density at radius 2 is 2.28 bits per heavy atom. The first-order chi connectivity index (χ1) is 12.2. The molecule has 6 nitrogen and oxygen atoms in total. The van der Waals surface area contributed by atoms with Crippen molar-refractivity contribution in [1.29, 1.82) is 0 Å². The molecule has 6 heteroatoms. The van der Waals surface area contributed by atoms with Gasteiger partial charge in [-0.1, -0.05) is 0 Å². The molecule has 2 aromatic heterocycles. The van der Waals surface area contributed by atoms with Crippen molar-refractivity contribution >= 4 is 16.9 Å². The molecule has 4 rings (SSSR count). The standard InChI is InChI=1S/C19H21N3O3/c1-12-14-10-13(24-2)6-7-17(14)25-18(12)19(23)21-15-4-3-5-16(15)22-9-8-20-11-22/h6-11,15-16H,3-5H2,1-2H3,(H,21,23)/t15-,16+/m0/s1. The van der Waals surface area contributed by atoms with Gasteiger partial charge in [0.05, 0.1) is 25.5 Å². The number of rotatable bonds is 4. The number of nitrogens with zero attached hydrogens (tertiary/aromatic N) is 2. The van der Waals surface area contributed by atoms with Gasteiger partial charge in [-0.05, 0) is 44.4 Å². The molecule has 0 aliphatic heterocycles. The maximum Gasteiger partial charge on any atom is 0.287 e. The SMILES string of the molecule is COc1ccc2oc(C(=O)N[C@H]3CCC[C@H]3n3ccnc3)c(C)c2c1. The van der Waals surface area contributed by atoms with Crippen molar-refractivity contribution in [2.24, 2.45) is 0 Å². The van der Waals surface area contributed by atoms with Crippen molar-refractivity contribution < 1.29 is 13.9 Å². The Morgan fingerprint density at radius 1 is 1.40 bits per heavy atom. The predicted octanol–water partition coefficient (Wildman–Crippen LogP) is 3.47. The molecule has 1 saturated carbocycles. The fourth-order valence-corrected chi connectivity index (χ4v) is 3.71. The van der Waals surface area contributed by atoms with E-state index in [4.69, 9.17) is 9.15 Å². The fourth-order valence-electron chi connectivity index (χ4n) is 3.71. The van der Waals surface area contributed by atoms with Crippen molar-refractivity contribution in [3.8, 4) is 5.75 Å². The van der Waals surface area contributed by atoms with Crippen molar-refractivity contribution in [3.63, 3.8) is 0 Å². The lowest BCUT2D eigenvalue weighted by Crippen LogP contribution is -2.38. The molecule has 2 atom stereocenters. The van der Waals surface area contributed by atoms with Crippen LogP contribution in [0.5, 0.6) is 5.75 Å². The molecule has 3 aromatic rings. The quantitative estimate of drug-likeness (QED) is 0.790. The van der Waals surface area contributed by atoms with Gasteiger partial charge < -0.3 is 19.0 Å². The Morgan fingerprint density at radius 3 is 3.04 bits per heavy atom. The highest BCUT2D eigenvalue weighted by molar-refractivity contribution is 5.99. The zero-order valence-corrected chi connectivity index (χ0v) is 14.4. The van der Waals surface area contributed by atoms with Crippen molar-refractivity contribution in [1.82, 2.24) is 14.9 Å². The van der Waals surface area contributed by atoms with E-state index in [1.165, 1.54) is 0 Å². The first kappa shape index (κ1) is 15.7. The van der Waals surface area contributed by atoms with Gasteiger partial charge >= 0.3 is 0 Å². The molecule has 1 aliphatic carbocycles. The molecule has 2 heterocycles. The summed E-state index contributed by atoms with van der Waals surface area (Å²) in [5, 5.41) is 4.06. The third kappa shape index (κ3) is 2.77. The highest BCUT2D eigenvalue weighted by Gasteiger charge is 2.31. The molecule has 130 valence electrons. The molecule has 0 bridgehead atoms. The summed E-state index contributed by atoms with van der Waals surface area (Å²) in [6.45, 7) is 1.90. The van der Waals surface area contributed by atoms with Crippen molar-refractivity contribution in [2.45, 2.75) is 38.3 Å². The zero-order chi connectivity index (χ0) is 17.4. The fraction of sp³-hybridized carbons (Fsp3) is 0.368. The molecule has 25 heavy (non-hydrogen) atoms. The van der Waals surface area contributed by atoms with Crippen LogP contribution in [0.3, 0.4) is 0 Å². The predicted molar refractivity (Wildman–Crippen MR) is 93.9 cm³/mol. The lowest BCUT2D eigenvalue weighted by molar-refractivity contribution is 0.0902. The number of furan rings is 1. The second-order valence-corrected chi connectivity index (χ2v) is 6.51. The van der Waals surface area contributed by atoms with Gasteiger partial charge in [0.15, 0.2) is 5.76 Å². The van der Waals surface area contributed by atoms with Gasteiger partial charge in [-0.15, -0.1) is 0 Å². The highest BCUT2D eigenvalue weighted by Crippen LogP contribution is 2.32. The second-order valence-electron chi connectivity index (χ2n) is 6.51. The van der Waals surface area contributed by atoms with E-state index in [0.717, 1.165) is 36.0 Å². The largest absolute Gasteiger partial charge is 0.497 e. The summed E-state index contributed by atoms with van der Waals surface area (Å²) in [7, 11) is 1.63. The van der Waals surface area contributed by atoms with Crippen molar-refractivity contribution in [2.75, 3.05) is 7.11 Å². The van der Waals surface area contributed by atoms with Crippen LogP contribution in [0.25, 0.3) is 11.0 Å². The maximum atomic E-state index is 12.8. The number of carbonyl (C=O) groups excluding carboxylic acids is 1. The molecule has 1 fully saturated rings. The van der Waals surface area contributed by atoms with Crippen LogP contribution in [0.4, 0.5) is 0 Å². The average Bonchev–Trinajstić information content (AvgIpc) is 3.35. The minimum absolute atomic E-state index is 0.0869. The van der Waals surface area contributed by atoms with Gasteiger partial charge in [0.2, 0.25) is 0 Å². The lowest BCUT2D eigenvalue weighted by Gasteiger charge is -2.21. The minimum Gasteiger partial charge on any atom is -0.497 e. The normalized spacial score (nSPS) is 20.1. The Hall–Kier alpha value is -2.76. The molecule has 1 N–H and O–H groups in total. The van der Waals surface area contributed by atoms with E-state index in [9.17, 15) is 4.79 Å². The Labute approximate surface area is 145 Å². The van der Waals surface area contributed by atoms with E-state index in [1.807, 2.05) is 37.6 Å². The van der Waals surface area contributed by atoms with Crippen LogP contribution < -0.4 is 10.1 Å². The smallest absolute Gasteiger partial charge is 0.287 e. The summed E-state index contributed by atoms with van der Waals surface area (Å²) >= 11 is 0. The minimum atomic E-state index is -0.162. The summed E-state index contributed by atoms with van der Waals surface area (Å²) in [6.07, 6.45) is 8.62. The number of fused-ring (bicyclic) bond motifs is 1. The monoisotopic (exact) mass is 339 g/mol. The van der Waals surface area contributed by atoms with Crippen LogP contribution in [0.2, 0.25) is 0 Å². The lowest BCUT2D eigenvalue weighted by atomic mass is 10.1. The summed E-state index contributed by atoms with van der Waals surface area (Å²) < 4.78 is 13.1. The number of aryl methyl sites for hydroxylation is 1. The van der Waals surface area contributed by atoms with E-state index in [0.29, 0.717) is 11.3 Å². The number of methoxy groups -OCH3 is 1. The number of hydrogen-bond acceptors (Lipinski definition) is 4. The Kier molecular flexibility index (Phi) is 3.95. The van der Waals surface area contributed by atoms with Crippen LogP contribution in [0.1, 0.15) is 41.4 Å². The zero-order valence-electron chi connectivity index (χ0n) is 14.4. The third-order valence-corrected chi connectivity index (χ3v) is 5.05. The number of carbonyl (C=O) groups is 1. The van der Waals surface area contributed by atoms with Gasteiger partial charge in [-0.25, -0.2) is 4.98 Å². The Balaban J connectivity index is 1.59.